The lowest BCUT2D eigenvalue weighted by Gasteiger charge is -2.09. The van der Waals surface area contributed by atoms with Crippen molar-refractivity contribution < 1.29 is 9.18 Å². The van der Waals surface area contributed by atoms with Crippen molar-refractivity contribution in [3.8, 4) is 0 Å². The molecule has 0 saturated heterocycles. The van der Waals surface area contributed by atoms with Crippen molar-refractivity contribution in [3.63, 3.8) is 0 Å². The number of rotatable bonds is 8. The van der Waals surface area contributed by atoms with Gasteiger partial charge in [0.05, 0.1) is 0 Å². The molecule has 5 heteroatoms. The first-order chi connectivity index (χ1) is 11.5. The Kier molecular flexibility index (Phi) is 6.73. The lowest BCUT2D eigenvalue weighted by atomic mass is 10.1. The Morgan fingerprint density at radius 2 is 1.92 bits per heavy atom. The number of carbonyl (C=O) groups excluding carboxylic acids is 1. The number of nitrogens with one attached hydrogen (secondary N) is 2. The van der Waals surface area contributed by atoms with Gasteiger partial charge < -0.3 is 10.6 Å². The highest BCUT2D eigenvalue weighted by Gasteiger charge is 2.07. The van der Waals surface area contributed by atoms with E-state index in [4.69, 9.17) is 0 Å². The fourth-order valence-corrected chi connectivity index (χ4v) is 2.23. The molecule has 1 aromatic heterocycles. The Labute approximate surface area is 142 Å². The Bertz CT molecular complexity index is 656. The highest BCUT2D eigenvalue weighted by molar-refractivity contribution is 5.93. The van der Waals surface area contributed by atoms with Gasteiger partial charge in [0.1, 0.15) is 11.5 Å². The molecule has 4 nitrogen and oxygen atoms in total. The number of anilines is 1. The molecule has 2 rings (SSSR count). The number of aromatic nitrogens is 1. The second-order valence-electron chi connectivity index (χ2n) is 6.17. The van der Waals surface area contributed by atoms with E-state index in [1.54, 1.807) is 24.4 Å². The smallest absolute Gasteiger partial charge is 0.269 e. The molecule has 0 aliphatic carbocycles. The molecule has 0 unspecified atom stereocenters. The van der Waals surface area contributed by atoms with Gasteiger partial charge in [-0.25, -0.2) is 4.39 Å². The van der Waals surface area contributed by atoms with Crippen molar-refractivity contribution in [2.45, 2.75) is 26.7 Å². The summed E-state index contributed by atoms with van der Waals surface area (Å²) in [6.45, 7) is 5.59. The van der Waals surface area contributed by atoms with Crippen LogP contribution in [0.2, 0.25) is 0 Å². The summed E-state index contributed by atoms with van der Waals surface area (Å²) in [6.07, 6.45) is 3.34. The van der Waals surface area contributed by atoms with Gasteiger partial charge in [-0.15, -0.1) is 0 Å². The maximum atomic E-state index is 12.9. The number of hydrogen-bond donors (Lipinski definition) is 2. The van der Waals surface area contributed by atoms with Crippen LogP contribution in [0.5, 0.6) is 0 Å². The number of nitrogens with zero attached hydrogens (tertiary/aromatic N) is 1. The van der Waals surface area contributed by atoms with Gasteiger partial charge in [-0.1, -0.05) is 26.0 Å². The summed E-state index contributed by atoms with van der Waals surface area (Å²) in [4.78, 5) is 16.2. The monoisotopic (exact) mass is 329 g/mol. The molecule has 1 heterocycles. The minimum atomic E-state index is -0.228. The Morgan fingerprint density at radius 3 is 2.62 bits per heavy atom. The second-order valence-corrected chi connectivity index (χ2v) is 6.17. The molecule has 0 fully saturated rings. The molecule has 2 N–H and O–H groups in total. The van der Waals surface area contributed by atoms with E-state index in [0.717, 1.165) is 24.1 Å². The second kappa shape index (κ2) is 9.01. The summed E-state index contributed by atoms with van der Waals surface area (Å²) in [5, 5.41) is 6.14. The number of pyridine rings is 1. The van der Waals surface area contributed by atoms with Gasteiger partial charge in [0.2, 0.25) is 0 Å². The maximum Gasteiger partial charge on any atom is 0.269 e. The maximum absolute atomic E-state index is 12.9. The van der Waals surface area contributed by atoms with Crippen LogP contribution in [0.25, 0.3) is 0 Å². The van der Waals surface area contributed by atoms with Gasteiger partial charge in [0.15, 0.2) is 0 Å². The molecule has 0 spiro atoms. The number of hydrogen-bond acceptors (Lipinski definition) is 3. The normalized spacial score (nSPS) is 10.7. The molecule has 0 bridgehead atoms. The zero-order valence-corrected chi connectivity index (χ0v) is 14.2. The standard InChI is InChI=1S/C19H24FN3O/c1-14(2)7-10-23-19(24)18-13-17(9-12-22-18)21-11-8-15-3-5-16(20)6-4-15/h3-6,9,12-14H,7-8,10-11H2,1-2H3,(H,21,22)(H,23,24). The van der Waals surface area contributed by atoms with Crippen LogP contribution < -0.4 is 10.6 Å². The molecule has 24 heavy (non-hydrogen) atoms. The molecule has 2 aromatic rings. The van der Waals surface area contributed by atoms with Gasteiger partial charge in [0.25, 0.3) is 5.91 Å². The average molecular weight is 329 g/mol. The van der Waals surface area contributed by atoms with Gasteiger partial charge >= 0.3 is 0 Å². The summed E-state index contributed by atoms with van der Waals surface area (Å²) in [5.41, 5.74) is 2.32. The van der Waals surface area contributed by atoms with Crippen LogP contribution in [0.15, 0.2) is 42.6 Å². The van der Waals surface area contributed by atoms with E-state index in [2.05, 4.69) is 29.5 Å². The van der Waals surface area contributed by atoms with E-state index in [-0.39, 0.29) is 11.7 Å². The minimum Gasteiger partial charge on any atom is -0.385 e. The molecule has 0 aliphatic rings. The molecule has 0 atom stereocenters. The van der Waals surface area contributed by atoms with Crippen LogP contribution in [0, 0.1) is 11.7 Å². The lowest BCUT2D eigenvalue weighted by molar-refractivity contribution is 0.0947. The van der Waals surface area contributed by atoms with Crippen molar-refractivity contribution >= 4 is 11.6 Å². The largest absolute Gasteiger partial charge is 0.385 e. The molecule has 128 valence electrons. The van der Waals surface area contributed by atoms with Crippen LogP contribution in [0.3, 0.4) is 0 Å². The fraction of sp³-hybridized carbons (Fsp3) is 0.368. The summed E-state index contributed by atoms with van der Waals surface area (Å²) in [5.74, 6) is 0.171. The predicted molar refractivity (Wildman–Crippen MR) is 94.6 cm³/mol. The van der Waals surface area contributed by atoms with E-state index in [1.807, 2.05) is 6.07 Å². The third kappa shape index (κ3) is 5.99. The molecule has 0 aliphatic heterocycles. The zero-order chi connectivity index (χ0) is 17.4. The SMILES string of the molecule is CC(C)CCNC(=O)c1cc(NCCc2ccc(F)cc2)ccn1. The first-order valence-electron chi connectivity index (χ1n) is 8.27. The minimum absolute atomic E-state index is 0.155. The van der Waals surface area contributed by atoms with E-state index >= 15 is 0 Å². The van der Waals surface area contributed by atoms with Crippen molar-refractivity contribution in [1.82, 2.24) is 10.3 Å². The van der Waals surface area contributed by atoms with Gasteiger partial charge in [0, 0.05) is 25.0 Å². The molecule has 0 radical (unpaired) electrons. The summed E-state index contributed by atoms with van der Waals surface area (Å²) in [6, 6.07) is 10.0. The topological polar surface area (TPSA) is 54.0 Å². The van der Waals surface area contributed by atoms with Crippen LogP contribution in [0.4, 0.5) is 10.1 Å². The first-order valence-corrected chi connectivity index (χ1v) is 8.27. The number of carbonyl (C=O) groups is 1. The van der Waals surface area contributed by atoms with Crippen molar-refractivity contribution in [2.75, 3.05) is 18.4 Å². The number of benzene rings is 1. The Morgan fingerprint density at radius 1 is 1.17 bits per heavy atom. The predicted octanol–water partition coefficient (Wildman–Crippen LogP) is 3.65. The Hall–Kier alpha value is -2.43. The quantitative estimate of drug-likeness (QED) is 0.777. The van der Waals surface area contributed by atoms with Gasteiger partial charge in [-0.2, -0.15) is 0 Å². The van der Waals surface area contributed by atoms with Crippen molar-refractivity contribution in [2.24, 2.45) is 5.92 Å². The fourth-order valence-electron chi connectivity index (χ4n) is 2.23. The highest BCUT2D eigenvalue weighted by Crippen LogP contribution is 2.09. The van der Waals surface area contributed by atoms with Crippen LogP contribution >= 0.6 is 0 Å². The summed E-state index contributed by atoms with van der Waals surface area (Å²) >= 11 is 0. The van der Waals surface area contributed by atoms with Crippen LogP contribution in [-0.2, 0) is 6.42 Å². The Balaban J connectivity index is 1.83. The molecule has 1 aromatic carbocycles. The first kappa shape index (κ1) is 17.9. The van der Waals surface area contributed by atoms with E-state index in [1.165, 1.54) is 12.1 Å². The third-order valence-corrected chi connectivity index (χ3v) is 3.66. The zero-order valence-electron chi connectivity index (χ0n) is 14.2. The number of amides is 1. The van der Waals surface area contributed by atoms with Crippen molar-refractivity contribution in [3.05, 3.63) is 59.7 Å². The molecular weight excluding hydrogens is 305 g/mol. The van der Waals surface area contributed by atoms with Crippen LogP contribution in [0.1, 0.15) is 36.3 Å². The van der Waals surface area contributed by atoms with E-state index in [9.17, 15) is 9.18 Å². The molecule has 0 saturated carbocycles. The number of halogens is 1. The highest BCUT2D eigenvalue weighted by atomic mass is 19.1. The summed E-state index contributed by atoms with van der Waals surface area (Å²) < 4.78 is 12.9. The van der Waals surface area contributed by atoms with Gasteiger partial charge in [-0.3, -0.25) is 9.78 Å². The van der Waals surface area contributed by atoms with Crippen LogP contribution in [-0.4, -0.2) is 24.0 Å². The molecular formula is C19H24FN3O. The third-order valence-electron chi connectivity index (χ3n) is 3.66. The average Bonchev–Trinajstić information content (AvgIpc) is 2.56. The summed E-state index contributed by atoms with van der Waals surface area (Å²) in [7, 11) is 0. The van der Waals surface area contributed by atoms with Crippen molar-refractivity contribution in [1.29, 1.82) is 0 Å². The lowest BCUT2D eigenvalue weighted by Crippen LogP contribution is -2.26. The van der Waals surface area contributed by atoms with Gasteiger partial charge in [-0.05, 0) is 48.6 Å². The molecule has 1 amide bonds. The van der Waals surface area contributed by atoms with E-state index in [0.29, 0.717) is 24.7 Å². The van der Waals surface area contributed by atoms with E-state index < -0.39 is 0 Å².